The van der Waals surface area contributed by atoms with Crippen LogP contribution < -0.4 is 5.32 Å². The van der Waals surface area contributed by atoms with E-state index in [1.807, 2.05) is 0 Å². The zero-order valence-corrected chi connectivity index (χ0v) is 17.8. The molecule has 0 radical (unpaired) electrons. The van der Waals surface area contributed by atoms with Crippen LogP contribution in [-0.4, -0.2) is 35.5 Å². The molecule has 0 aliphatic carbocycles. The summed E-state index contributed by atoms with van der Waals surface area (Å²) in [5.74, 6) is 0. The number of hydrogen-bond acceptors (Lipinski definition) is 3. The molecule has 0 bridgehead atoms. The van der Waals surface area contributed by atoms with Crippen molar-refractivity contribution in [2.75, 3.05) is 6.54 Å². The highest BCUT2D eigenvalue weighted by Gasteiger charge is 2.31. The first kappa shape index (κ1) is 22.0. The molecule has 3 nitrogen and oxygen atoms in total. The summed E-state index contributed by atoms with van der Waals surface area (Å²) in [6.45, 7) is 15.1. The lowest BCUT2D eigenvalue weighted by Crippen LogP contribution is -2.44. The van der Waals surface area contributed by atoms with Gasteiger partial charge >= 0.3 is 0 Å². The van der Waals surface area contributed by atoms with Crippen LogP contribution in [0.2, 0.25) is 38.3 Å². The van der Waals surface area contributed by atoms with E-state index in [0.717, 1.165) is 25.7 Å². The molecule has 0 amide bonds. The molecule has 1 aliphatic rings. The Kier molecular flexibility index (Phi) is 11.6. The van der Waals surface area contributed by atoms with Gasteiger partial charge in [-0.15, -0.1) is 0 Å². The molecule has 1 aliphatic heterocycles. The minimum absolute atomic E-state index is 0.167. The van der Waals surface area contributed by atoms with Gasteiger partial charge < -0.3 is 14.2 Å². The molecule has 0 spiro atoms. The first-order chi connectivity index (χ1) is 10.3. The average Bonchev–Trinajstić information content (AvgIpc) is 2.96. The Morgan fingerprint density at radius 3 is 1.82 bits per heavy atom. The normalized spacial score (nSPS) is 18.7. The number of carbonyl (C=O) groups is 1. The van der Waals surface area contributed by atoms with Crippen molar-refractivity contribution in [2.24, 2.45) is 0 Å². The number of hydrogen-bond donors (Lipinski definition) is 1. The largest absolute Gasteiger partial charge is 0.455 e. The van der Waals surface area contributed by atoms with Gasteiger partial charge in [-0.25, -0.2) is 0 Å². The van der Waals surface area contributed by atoms with Crippen LogP contribution in [0.3, 0.4) is 0 Å². The molecule has 1 unspecified atom stereocenters. The lowest BCUT2D eigenvalue weighted by atomic mass is 10.2. The molecule has 132 valence electrons. The van der Waals surface area contributed by atoms with Gasteiger partial charge in [0.15, 0.2) is 16.6 Å². The third-order valence-electron chi connectivity index (χ3n) is 4.08. The molecular formula is C17H39NO2Si2. The summed E-state index contributed by atoms with van der Waals surface area (Å²) in [5.41, 5.74) is 0. The molecule has 0 aromatic rings. The van der Waals surface area contributed by atoms with E-state index in [1.165, 1.54) is 37.8 Å². The van der Waals surface area contributed by atoms with Crippen molar-refractivity contribution in [3.05, 3.63) is 0 Å². The van der Waals surface area contributed by atoms with Gasteiger partial charge in [0.25, 0.3) is 0 Å². The van der Waals surface area contributed by atoms with Crippen LogP contribution in [0.4, 0.5) is 0 Å². The van der Waals surface area contributed by atoms with Crippen LogP contribution in [0.15, 0.2) is 0 Å². The molecule has 1 atom stereocenters. The Hall–Kier alpha value is 0.0238. The van der Waals surface area contributed by atoms with Gasteiger partial charge in [0.2, 0.25) is 0 Å². The number of carbonyl (C=O) groups excluding carboxylic acids is 1. The molecule has 0 aromatic heterocycles. The van der Waals surface area contributed by atoms with Gasteiger partial charge in [0, 0.05) is 0 Å². The Morgan fingerprint density at radius 2 is 1.55 bits per heavy atom. The van der Waals surface area contributed by atoms with Crippen LogP contribution in [0, 0.1) is 0 Å². The highest BCUT2D eigenvalue weighted by Crippen LogP contribution is 2.24. The Labute approximate surface area is 140 Å². The zero-order valence-electron chi connectivity index (χ0n) is 15.8. The fourth-order valence-corrected chi connectivity index (χ4v) is 12.1. The second-order valence-corrected chi connectivity index (χ2v) is 16.5. The number of aldehydes is 1. The fraction of sp³-hybridized carbons (Fsp3) is 0.941. The lowest BCUT2D eigenvalue weighted by Gasteiger charge is -2.34. The minimum atomic E-state index is -1.35. The molecular weight excluding hydrogens is 306 g/mol. The van der Waals surface area contributed by atoms with E-state index in [4.69, 9.17) is 4.12 Å². The Morgan fingerprint density at radius 1 is 1.05 bits per heavy atom. The van der Waals surface area contributed by atoms with Crippen molar-refractivity contribution in [1.29, 1.82) is 0 Å². The Balaban J connectivity index is 0.000000518. The maximum absolute atomic E-state index is 9.94. The Bertz CT molecular complexity index is 272. The van der Waals surface area contributed by atoms with Crippen LogP contribution in [0.1, 0.15) is 52.4 Å². The predicted octanol–water partition coefficient (Wildman–Crippen LogP) is 4.95. The first-order valence-corrected chi connectivity index (χ1v) is 15.4. The van der Waals surface area contributed by atoms with Gasteiger partial charge in [0.05, 0.1) is 6.04 Å². The van der Waals surface area contributed by atoms with Gasteiger partial charge in [-0.3, -0.25) is 0 Å². The average molecular weight is 346 g/mol. The molecule has 5 heteroatoms. The zero-order chi connectivity index (χ0) is 17.1. The molecule has 1 rings (SSSR count). The first-order valence-electron chi connectivity index (χ1n) is 9.15. The second-order valence-electron chi connectivity index (χ2n) is 7.67. The standard InChI is InChI=1S/C12H30OSi2.C5H9NO/c1-7-9-11-14(3,4)13-15(5,6)12-10-8-2;7-4-5-2-1-3-6-5/h7-12H2,1-6H3;4-6H,1-3H2. The van der Waals surface area contributed by atoms with Crippen LogP contribution in [0.5, 0.6) is 0 Å². The maximum Gasteiger partial charge on any atom is 0.173 e. The molecule has 1 heterocycles. The number of nitrogens with one attached hydrogen (secondary N) is 1. The number of rotatable bonds is 9. The molecule has 0 aromatic carbocycles. The monoisotopic (exact) mass is 345 g/mol. The fourth-order valence-electron chi connectivity index (χ4n) is 2.88. The highest BCUT2D eigenvalue weighted by atomic mass is 28.4. The third-order valence-corrected chi connectivity index (χ3v) is 11.6. The third kappa shape index (κ3) is 11.6. The topological polar surface area (TPSA) is 38.3 Å². The summed E-state index contributed by atoms with van der Waals surface area (Å²) in [5, 5.41) is 3.04. The van der Waals surface area contributed by atoms with Crippen molar-refractivity contribution >= 4 is 22.9 Å². The van der Waals surface area contributed by atoms with E-state index in [-0.39, 0.29) is 6.04 Å². The van der Waals surface area contributed by atoms with Crippen LogP contribution in [-0.2, 0) is 8.91 Å². The summed E-state index contributed by atoms with van der Waals surface area (Å²) >= 11 is 0. The van der Waals surface area contributed by atoms with E-state index < -0.39 is 16.6 Å². The lowest BCUT2D eigenvalue weighted by molar-refractivity contribution is -0.109. The highest BCUT2D eigenvalue weighted by molar-refractivity contribution is 6.84. The van der Waals surface area contributed by atoms with Crippen molar-refractivity contribution in [1.82, 2.24) is 5.32 Å². The van der Waals surface area contributed by atoms with Crippen molar-refractivity contribution in [3.8, 4) is 0 Å². The smallest absolute Gasteiger partial charge is 0.173 e. The van der Waals surface area contributed by atoms with Crippen molar-refractivity contribution in [3.63, 3.8) is 0 Å². The van der Waals surface area contributed by atoms with Gasteiger partial charge in [-0.05, 0) is 57.7 Å². The summed E-state index contributed by atoms with van der Waals surface area (Å²) in [6, 6.07) is 2.85. The van der Waals surface area contributed by atoms with Gasteiger partial charge in [-0.1, -0.05) is 39.5 Å². The van der Waals surface area contributed by atoms with E-state index in [1.54, 1.807) is 0 Å². The van der Waals surface area contributed by atoms with E-state index >= 15 is 0 Å². The summed E-state index contributed by atoms with van der Waals surface area (Å²) in [4.78, 5) is 9.94. The summed E-state index contributed by atoms with van der Waals surface area (Å²) in [7, 11) is -2.70. The molecule has 1 fully saturated rings. The van der Waals surface area contributed by atoms with Gasteiger partial charge in [-0.2, -0.15) is 0 Å². The quantitative estimate of drug-likeness (QED) is 0.474. The molecule has 0 saturated carbocycles. The predicted molar refractivity (Wildman–Crippen MR) is 103 cm³/mol. The van der Waals surface area contributed by atoms with Crippen LogP contribution in [0.25, 0.3) is 0 Å². The second kappa shape index (κ2) is 11.5. The van der Waals surface area contributed by atoms with E-state index in [9.17, 15) is 4.79 Å². The molecule has 1 N–H and O–H groups in total. The SMILES string of the molecule is CCCC[Si](C)(C)O[Si](C)(C)CCCC.O=CC1CCCN1. The van der Waals surface area contributed by atoms with E-state index in [2.05, 4.69) is 45.4 Å². The summed E-state index contributed by atoms with van der Waals surface area (Å²) < 4.78 is 6.51. The summed E-state index contributed by atoms with van der Waals surface area (Å²) in [6.07, 6.45) is 8.46. The van der Waals surface area contributed by atoms with Crippen molar-refractivity contribution in [2.45, 2.75) is 96.7 Å². The van der Waals surface area contributed by atoms with Crippen LogP contribution >= 0.6 is 0 Å². The van der Waals surface area contributed by atoms with Gasteiger partial charge in [0.1, 0.15) is 6.29 Å². The van der Waals surface area contributed by atoms with E-state index in [0.29, 0.717) is 0 Å². The molecule has 22 heavy (non-hydrogen) atoms. The number of unbranched alkanes of at least 4 members (excludes halogenated alkanes) is 2. The maximum atomic E-state index is 9.94. The minimum Gasteiger partial charge on any atom is -0.455 e. The van der Waals surface area contributed by atoms with Crippen molar-refractivity contribution < 1.29 is 8.91 Å². The molecule has 1 saturated heterocycles.